The van der Waals surface area contributed by atoms with Gasteiger partial charge in [0.05, 0.1) is 0 Å². The predicted octanol–water partition coefficient (Wildman–Crippen LogP) is 3.67. The van der Waals surface area contributed by atoms with Gasteiger partial charge in [-0.1, -0.05) is 17.7 Å². The number of carbonyl (C=O) groups excluding carboxylic acids is 1. The van der Waals surface area contributed by atoms with Gasteiger partial charge in [0.2, 0.25) is 0 Å². The second-order valence-corrected chi connectivity index (χ2v) is 5.60. The van der Waals surface area contributed by atoms with Crippen LogP contribution < -0.4 is 10.1 Å². The quantitative estimate of drug-likeness (QED) is 0.875. The van der Waals surface area contributed by atoms with E-state index in [2.05, 4.69) is 5.32 Å². The van der Waals surface area contributed by atoms with Gasteiger partial charge in [0.15, 0.2) is 6.61 Å². The van der Waals surface area contributed by atoms with Gasteiger partial charge in [0.25, 0.3) is 5.91 Å². The highest BCUT2D eigenvalue weighted by Crippen LogP contribution is 2.23. The summed E-state index contributed by atoms with van der Waals surface area (Å²) in [5.41, 5.74) is 2.65. The van der Waals surface area contributed by atoms with E-state index in [0.29, 0.717) is 5.69 Å². The Balaban J connectivity index is 2.03. The number of aromatic carboxylic acids is 1. The summed E-state index contributed by atoms with van der Waals surface area (Å²) in [6.45, 7) is 3.58. The number of carboxylic acids is 1. The third-order valence-corrected chi connectivity index (χ3v) is 3.27. The van der Waals surface area contributed by atoms with Crippen LogP contribution in [0.15, 0.2) is 36.4 Å². The van der Waals surface area contributed by atoms with Crippen molar-refractivity contribution in [3.8, 4) is 5.75 Å². The maximum atomic E-state index is 11.9. The fourth-order valence-corrected chi connectivity index (χ4v) is 2.35. The van der Waals surface area contributed by atoms with Gasteiger partial charge >= 0.3 is 5.97 Å². The summed E-state index contributed by atoms with van der Waals surface area (Å²) < 4.78 is 5.30. The van der Waals surface area contributed by atoms with Crippen LogP contribution in [0.3, 0.4) is 0 Å². The number of carboxylic acid groups (broad SMARTS) is 1. The molecule has 1 amide bonds. The van der Waals surface area contributed by atoms with E-state index in [9.17, 15) is 9.59 Å². The minimum absolute atomic E-state index is 0.0864. The molecule has 0 aromatic heterocycles. The molecule has 2 aromatic rings. The van der Waals surface area contributed by atoms with Gasteiger partial charge in [-0.25, -0.2) is 4.79 Å². The van der Waals surface area contributed by atoms with Crippen LogP contribution in [0.25, 0.3) is 0 Å². The van der Waals surface area contributed by atoms with Crippen molar-refractivity contribution in [3.05, 3.63) is 58.1 Å². The molecule has 0 saturated carbocycles. The molecule has 2 rings (SSSR count). The molecule has 120 valence electrons. The Labute approximate surface area is 138 Å². The monoisotopic (exact) mass is 333 g/mol. The number of hydrogen-bond acceptors (Lipinski definition) is 3. The first-order valence-electron chi connectivity index (χ1n) is 6.89. The molecule has 0 saturated heterocycles. The molecule has 6 heteroatoms. The van der Waals surface area contributed by atoms with Gasteiger partial charge in [0, 0.05) is 10.7 Å². The Hall–Kier alpha value is -2.53. The molecule has 0 atom stereocenters. The molecular weight excluding hydrogens is 318 g/mol. The number of rotatable bonds is 5. The molecule has 2 aromatic carbocycles. The fourth-order valence-electron chi connectivity index (χ4n) is 2.18. The van der Waals surface area contributed by atoms with Gasteiger partial charge in [-0.15, -0.1) is 0 Å². The van der Waals surface area contributed by atoms with E-state index in [1.165, 1.54) is 18.2 Å². The van der Waals surface area contributed by atoms with Crippen molar-refractivity contribution in [2.75, 3.05) is 11.9 Å². The zero-order chi connectivity index (χ0) is 17.0. The van der Waals surface area contributed by atoms with Gasteiger partial charge in [0.1, 0.15) is 11.3 Å². The largest absolute Gasteiger partial charge is 0.483 e. The average molecular weight is 334 g/mol. The number of hydrogen-bond donors (Lipinski definition) is 2. The molecule has 0 fully saturated rings. The van der Waals surface area contributed by atoms with Crippen molar-refractivity contribution in [2.45, 2.75) is 13.8 Å². The average Bonchev–Trinajstić information content (AvgIpc) is 2.44. The zero-order valence-corrected chi connectivity index (χ0v) is 13.5. The lowest BCUT2D eigenvalue weighted by Gasteiger charge is -2.11. The highest BCUT2D eigenvalue weighted by molar-refractivity contribution is 6.31. The van der Waals surface area contributed by atoms with Gasteiger partial charge in [-0.2, -0.15) is 0 Å². The van der Waals surface area contributed by atoms with Crippen LogP contribution in [-0.2, 0) is 4.79 Å². The van der Waals surface area contributed by atoms with E-state index in [0.717, 1.165) is 11.1 Å². The molecule has 2 N–H and O–H groups in total. The highest BCUT2D eigenvalue weighted by Gasteiger charge is 2.13. The second-order valence-electron chi connectivity index (χ2n) is 5.16. The molecule has 0 bridgehead atoms. The minimum Gasteiger partial charge on any atom is -0.483 e. The van der Waals surface area contributed by atoms with Crippen LogP contribution in [0.1, 0.15) is 21.5 Å². The lowest BCUT2D eigenvalue weighted by atomic mass is 10.1. The molecule has 0 aliphatic carbocycles. The van der Waals surface area contributed by atoms with Crippen molar-refractivity contribution < 1.29 is 19.4 Å². The molecular formula is C17H16ClNO4. The van der Waals surface area contributed by atoms with E-state index >= 15 is 0 Å². The maximum Gasteiger partial charge on any atom is 0.339 e. The van der Waals surface area contributed by atoms with E-state index in [-0.39, 0.29) is 28.8 Å². The number of benzene rings is 2. The maximum absolute atomic E-state index is 11.9. The van der Waals surface area contributed by atoms with Crippen molar-refractivity contribution in [2.24, 2.45) is 0 Å². The van der Waals surface area contributed by atoms with Crippen LogP contribution >= 0.6 is 11.6 Å². The van der Waals surface area contributed by atoms with Crippen LogP contribution in [0.2, 0.25) is 5.02 Å². The van der Waals surface area contributed by atoms with Crippen LogP contribution in [0.5, 0.6) is 5.75 Å². The summed E-state index contributed by atoms with van der Waals surface area (Å²) in [6, 6.07) is 9.90. The van der Waals surface area contributed by atoms with Crippen molar-refractivity contribution in [1.82, 2.24) is 0 Å². The van der Waals surface area contributed by atoms with E-state index in [4.69, 9.17) is 21.4 Å². The minimum atomic E-state index is -1.17. The Morgan fingerprint density at radius 2 is 1.78 bits per heavy atom. The predicted molar refractivity (Wildman–Crippen MR) is 88.5 cm³/mol. The van der Waals surface area contributed by atoms with Crippen molar-refractivity contribution >= 4 is 29.2 Å². The van der Waals surface area contributed by atoms with Crippen LogP contribution in [-0.4, -0.2) is 23.6 Å². The van der Waals surface area contributed by atoms with E-state index in [1.54, 1.807) is 0 Å². The molecule has 0 aliphatic heterocycles. The summed E-state index contributed by atoms with van der Waals surface area (Å²) in [6.07, 6.45) is 0. The third-order valence-electron chi connectivity index (χ3n) is 3.04. The number of halogens is 1. The van der Waals surface area contributed by atoms with Gasteiger partial charge < -0.3 is 15.2 Å². The number of aryl methyl sites for hydroxylation is 2. The smallest absolute Gasteiger partial charge is 0.339 e. The van der Waals surface area contributed by atoms with Crippen molar-refractivity contribution in [1.29, 1.82) is 0 Å². The number of amides is 1. The molecule has 0 unspecified atom stereocenters. The summed E-state index contributed by atoms with van der Waals surface area (Å²) >= 11 is 5.76. The third kappa shape index (κ3) is 4.72. The van der Waals surface area contributed by atoms with E-state index < -0.39 is 5.97 Å². The fraction of sp³-hybridized carbons (Fsp3) is 0.176. The van der Waals surface area contributed by atoms with Gasteiger partial charge in [-0.05, 0) is 55.3 Å². The Bertz CT molecular complexity index is 738. The number of nitrogens with one attached hydrogen (secondary N) is 1. The lowest BCUT2D eigenvalue weighted by Crippen LogP contribution is -2.21. The van der Waals surface area contributed by atoms with E-state index in [1.807, 2.05) is 32.0 Å². The molecule has 0 heterocycles. The molecule has 0 spiro atoms. The Kier molecular flexibility index (Phi) is 5.24. The summed E-state index contributed by atoms with van der Waals surface area (Å²) in [5, 5.41) is 12.1. The topological polar surface area (TPSA) is 75.6 Å². The van der Waals surface area contributed by atoms with Crippen LogP contribution in [0.4, 0.5) is 5.69 Å². The summed E-state index contributed by atoms with van der Waals surface area (Å²) in [4.78, 5) is 23.1. The Morgan fingerprint density at radius 3 is 2.39 bits per heavy atom. The number of anilines is 1. The van der Waals surface area contributed by atoms with Gasteiger partial charge in [-0.3, -0.25) is 4.79 Å². The van der Waals surface area contributed by atoms with Crippen molar-refractivity contribution in [3.63, 3.8) is 0 Å². The molecule has 5 nitrogen and oxygen atoms in total. The first-order valence-corrected chi connectivity index (χ1v) is 7.27. The number of ether oxygens (including phenoxy) is 1. The highest BCUT2D eigenvalue weighted by atomic mass is 35.5. The normalized spacial score (nSPS) is 10.2. The first-order chi connectivity index (χ1) is 10.8. The van der Waals surface area contributed by atoms with Crippen LogP contribution in [0, 0.1) is 13.8 Å². The standard InChI is InChI=1S/C17H16ClNO4/c1-10-5-11(2)7-13(6-10)19-16(20)9-23-15-4-3-12(18)8-14(15)17(21)22/h3-8H,9H2,1-2H3,(H,19,20)(H,21,22). The summed E-state index contributed by atoms with van der Waals surface area (Å²) in [7, 11) is 0. The molecule has 0 radical (unpaired) electrons. The lowest BCUT2D eigenvalue weighted by molar-refractivity contribution is -0.118. The Morgan fingerprint density at radius 1 is 1.13 bits per heavy atom. The first kappa shape index (κ1) is 16.8. The SMILES string of the molecule is Cc1cc(C)cc(NC(=O)COc2ccc(Cl)cc2C(=O)O)c1. The summed E-state index contributed by atoms with van der Waals surface area (Å²) in [5.74, 6) is -1.45. The molecule has 0 aliphatic rings. The number of carbonyl (C=O) groups is 2. The molecule has 23 heavy (non-hydrogen) atoms. The second kappa shape index (κ2) is 7.15. The zero-order valence-electron chi connectivity index (χ0n) is 12.7.